The van der Waals surface area contributed by atoms with Crippen LogP contribution in [0, 0.1) is 6.92 Å². The van der Waals surface area contributed by atoms with Crippen molar-refractivity contribution in [1.82, 2.24) is 10.2 Å². The third-order valence-corrected chi connectivity index (χ3v) is 5.51. The van der Waals surface area contributed by atoms with Gasteiger partial charge in [0.25, 0.3) is 5.91 Å². The lowest BCUT2D eigenvalue weighted by Crippen LogP contribution is -2.49. The Morgan fingerprint density at radius 2 is 1.76 bits per heavy atom. The number of halogens is 3. The van der Waals surface area contributed by atoms with E-state index in [1.807, 2.05) is 13.8 Å². The number of amides is 2. The molecule has 0 fully saturated rings. The number of rotatable bonds is 8. The Hall–Kier alpha value is -1.95. The maximum Gasteiger partial charge on any atom is 0.261 e. The highest BCUT2D eigenvalue weighted by Crippen LogP contribution is 2.24. The largest absolute Gasteiger partial charge is 0.484 e. The number of nitrogens with one attached hydrogen (secondary N) is 1. The van der Waals surface area contributed by atoms with Gasteiger partial charge >= 0.3 is 0 Å². The molecule has 2 rings (SSSR count). The minimum atomic E-state index is -0.688. The van der Waals surface area contributed by atoms with Gasteiger partial charge in [0.15, 0.2) is 6.61 Å². The maximum absolute atomic E-state index is 12.9. The second-order valence-electron chi connectivity index (χ2n) is 6.54. The lowest BCUT2D eigenvalue weighted by atomic mass is 10.1. The summed E-state index contributed by atoms with van der Waals surface area (Å²) in [6, 6.07) is 9.58. The molecule has 0 radical (unpaired) electrons. The summed E-state index contributed by atoms with van der Waals surface area (Å²) < 4.78 is 5.63. The molecule has 8 heteroatoms. The van der Waals surface area contributed by atoms with Gasteiger partial charge in [-0.2, -0.15) is 0 Å². The van der Waals surface area contributed by atoms with Crippen LogP contribution < -0.4 is 10.1 Å². The molecule has 0 aliphatic heterocycles. The molecular weight excluding hydrogens is 435 g/mol. The first-order valence-corrected chi connectivity index (χ1v) is 10.3. The average Bonchev–Trinajstić information content (AvgIpc) is 2.69. The Morgan fingerprint density at radius 3 is 2.38 bits per heavy atom. The SMILES string of the molecule is CCNC(=O)[C@H](C)N(Cc1ccc(Cl)c(Cl)c1)C(=O)COc1ccc(Cl)c(C)c1. The van der Waals surface area contributed by atoms with Crippen LogP contribution in [0.15, 0.2) is 36.4 Å². The van der Waals surface area contributed by atoms with Gasteiger partial charge in [0.05, 0.1) is 10.0 Å². The van der Waals surface area contributed by atoms with Gasteiger partial charge in [-0.15, -0.1) is 0 Å². The zero-order chi connectivity index (χ0) is 21.6. The number of benzene rings is 2. The molecular formula is C21H23Cl3N2O3. The number of aryl methyl sites for hydroxylation is 1. The summed E-state index contributed by atoms with van der Waals surface area (Å²) in [6.45, 7) is 5.79. The van der Waals surface area contributed by atoms with Gasteiger partial charge in [-0.25, -0.2) is 0 Å². The van der Waals surface area contributed by atoms with Crippen molar-refractivity contribution in [3.63, 3.8) is 0 Å². The molecule has 1 atom stereocenters. The van der Waals surface area contributed by atoms with Crippen LogP contribution in [0.4, 0.5) is 0 Å². The molecule has 2 aromatic carbocycles. The van der Waals surface area contributed by atoms with E-state index in [1.54, 1.807) is 43.3 Å². The average molecular weight is 458 g/mol. The summed E-state index contributed by atoms with van der Waals surface area (Å²) in [7, 11) is 0. The van der Waals surface area contributed by atoms with E-state index in [1.165, 1.54) is 4.90 Å². The maximum atomic E-state index is 12.9. The highest BCUT2D eigenvalue weighted by Gasteiger charge is 2.26. The van der Waals surface area contributed by atoms with Crippen molar-refractivity contribution in [1.29, 1.82) is 0 Å². The number of hydrogen-bond donors (Lipinski definition) is 1. The van der Waals surface area contributed by atoms with Crippen LogP contribution in [-0.4, -0.2) is 35.9 Å². The fraction of sp³-hybridized carbons (Fsp3) is 0.333. The lowest BCUT2D eigenvalue weighted by Gasteiger charge is -2.28. The standard InChI is InChI=1S/C21H23Cl3N2O3/c1-4-25-21(28)14(3)26(11-15-5-7-18(23)19(24)10-15)20(27)12-29-16-6-8-17(22)13(2)9-16/h5-10,14H,4,11-12H2,1-3H3,(H,25,28)/t14-/m0/s1. The number of likely N-dealkylation sites (N-methyl/N-ethyl adjacent to an activating group) is 1. The van der Waals surface area contributed by atoms with E-state index in [0.717, 1.165) is 11.1 Å². The van der Waals surface area contributed by atoms with Gasteiger partial charge in [-0.3, -0.25) is 9.59 Å². The highest BCUT2D eigenvalue weighted by molar-refractivity contribution is 6.42. The van der Waals surface area contributed by atoms with Crippen molar-refractivity contribution in [2.45, 2.75) is 33.4 Å². The Balaban J connectivity index is 2.17. The van der Waals surface area contributed by atoms with Crippen LogP contribution in [0.3, 0.4) is 0 Å². The molecule has 0 saturated heterocycles. The van der Waals surface area contributed by atoms with Crippen LogP contribution in [0.5, 0.6) is 5.75 Å². The minimum Gasteiger partial charge on any atom is -0.484 e. The third-order valence-electron chi connectivity index (χ3n) is 4.35. The monoisotopic (exact) mass is 456 g/mol. The van der Waals surface area contributed by atoms with Crippen molar-refractivity contribution in [3.8, 4) is 5.75 Å². The summed E-state index contributed by atoms with van der Waals surface area (Å²) in [4.78, 5) is 26.7. The van der Waals surface area contributed by atoms with E-state index in [9.17, 15) is 9.59 Å². The molecule has 1 N–H and O–H groups in total. The van der Waals surface area contributed by atoms with Gasteiger partial charge in [-0.1, -0.05) is 40.9 Å². The summed E-state index contributed by atoms with van der Waals surface area (Å²) in [5.41, 5.74) is 1.60. The molecule has 156 valence electrons. The van der Waals surface area contributed by atoms with E-state index in [-0.39, 0.29) is 25.0 Å². The Kier molecular flexibility index (Phi) is 8.62. The first-order valence-electron chi connectivity index (χ1n) is 9.13. The number of carbonyl (C=O) groups excluding carboxylic acids is 2. The van der Waals surface area contributed by atoms with Gasteiger partial charge in [0, 0.05) is 18.1 Å². The van der Waals surface area contributed by atoms with Crippen molar-refractivity contribution in [2.24, 2.45) is 0 Å². The van der Waals surface area contributed by atoms with Crippen LogP contribution in [-0.2, 0) is 16.1 Å². The first kappa shape index (κ1) is 23.3. The van der Waals surface area contributed by atoms with Crippen LogP contribution in [0.2, 0.25) is 15.1 Å². The normalized spacial score (nSPS) is 11.7. The fourth-order valence-electron chi connectivity index (χ4n) is 2.67. The zero-order valence-corrected chi connectivity index (χ0v) is 18.7. The Labute approximate surface area is 185 Å². The fourth-order valence-corrected chi connectivity index (χ4v) is 3.11. The Bertz CT molecular complexity index is 889. The number of ether oxygens (including phenoxy) is 1. The number of carbonyl (C=O) groups is 2. The van der Waals surface area contributed by atoms with E-state index >= 15 is 0 Å². The van der Waals surface area contributed by atoms with Crippen LogP contribution >= 0.6 is 34.8 Å². The molecule has 0 aliphatic carbocycles. The second-order valence-corrected chi connectivity index (χ2v) is 7.76. The molecule has 0 spiro atoms. The third kappa shape index (κ3) is 6.53. The number of hydrogen-bond acceptors (Lipinski definition) is 3. The quantitative estimate of drug-likeness (QED) is 0.614. The highest BCUT2D eigenvalue weighted by atomic mass is 35.5. The van der Waals surface area contributed by atoms with Gasteiger partial charge < -0.3 is 15.0 Å². The number of nitrogens with zero attached hydrogens (tertiary/aromatic N) is 1. The first-order chi connectivity index (χ1) is 13.7. The van der Waals surface area contributed by atoms with Crippen LogP contribution in [0.25, 0.3) is 0 Å². The molecule has 0 aliphatic rings. The summed E-state index contributed by atoms with van der Waals surface area (Å²) >= 11 is 18.1. The minimum absolute atomic E-state index is 0.191. The molecule has 29 heavy (non-hydrogen) atoms. The van der Waals surface area contributed by atoms with Crippen molar-refractivity contribution in [3.05, 3.63) is 62.6 Å². The van der Waals surface area contributed by atoms with Crippen LogP contribution in [0.1, 0.15) is 25.0 Å². The summed E-state index contributed by atoms with van der Waals surface area (Å²) in [5, 5.41) is 4.17. The zero-order valence-electron chi connectivity index (χ0n) is 16.5. The van der Waals surface area contributed by atoms with Gasteiger partial charge in [0.1, 0.15) is 11.8 Å². The molecule has 0 unspecified atom stereocenters. The van der Waals surface area contributed by atoms with Crippen molar-refractivity contribution < 1.29 is 14.3 Å². The molecule has 0 bridgehead atoms. The van der Waals surface area contributed by atoms with Gasteiger partial charge in [-0.05, 0) is 62.2 Å². The second kappa shape index (κ2) is 10.7. The Morgan fingerprint density at radius 1 is 1.07 bits per heavy atom. The molecule has 0 heterocycles. The van der Waals surface area contributed by atoms with E-state index in [4.69, 9.17) is 39.5 Å². The topological polar surface area (TPSA) is 58.6 Å². The van der Waals surface area contributed by atoms with Gasteiger partial charge in [0.2, 0.25) is 5.91 Å². The molecule has 0 saturated carbocycles. The van der Waals surface area contributed by atoms with E-state index in [0.29, 0.717) is 27.4 Å². The molecule has 2 aromatic rings. The summed E-state index contributed by atoms with van der Waals surface area (Å²) in [6.07, 6.45) is 0. The predicted molar refractivity (Wildman–Crippen MR) is 117 cm³/mol. The smallest absolute Gasteiger partial charge is 0.261 e. The molecule has 5 nitrogen and oxygen atoms in total. The van der Waals surface area contributed by atoms with E-state index in [2.05, 4.69) is 5.32 Å². The summed E-state index contributed by atoms with van der Waals surface area (Å²) in [5.74, 6) is -0.0499. The van der Waals surface area contributed by atoms with Crippen molar-refractivity contribution in [2.75, 3.05) is 13.2 Å². The molecule has 0 aromatic heterocycles. The molecule has 2 amide bonds. The predicted octanol–water partition coefficient (Wildman–Crippen LogP) is 4.89. The van der Waals surface area contributed by atoms with E-state index < -0.39 is 6.04 Å². The lowest BCUT2D eigenvalue weighted by molar-refractivity contribution is -0.142. The van der Waals surface area contributed by atoms with Crippen molar-refractivity contribution >= 4 is 46.6 Å².